The summed E-state index contributed by atoms with van der Waals surface area (Å²) in [5.41, 5.74) is 0. The second-order valence-electron chi connectivity index (χ2n) is 32.6. The number of carboxylic acid groups (broad SMARTS) is 5. The number of unbranched alkanes of at least 4 members (excludes halogenated alkanes) is 70. The lowest BCUT2D eigenvalue weighted by Gasteiger charge is -2.06. The third-order valence-electron chi connectivity index (χ3n) is 21.3. The topological polar surface area (TPSA) is 308 Å². The van der Waals surface area contributed by atoms with Gasteiger partial charge in [-0.2, -0.15) is 0 Å². The molecule has 0 atom stereocenters. The van der Waals surface area contributed by atoms with Gasteiger partial charge in [0.1, 0.15) is 0 Å². The van der Waals surface area contributed by atoms with Gasteiger partial charge in [-0.15, -0.1) is 0 Å². The van der Waals surface area contributed by atoms with Gasteiger partial charge in [0.15, 0.2) is 0 Å². The van der Waals surface area contributed by atoms with Crippen molar-refractivity contribution in [3.63, 3.8) is 0 Å². The van der Waals surface area contributed by atoms with Crippen molar-refractivity contribution in [3.8, 4) is 34.5 Å². The Kier molecular flexibility index (Phi) is 104. The van der Waals surface area contributed by atoms with E-state index in [0.717, 1.165) is 64.2 Å². The molecule has 1 aromatic rings. The fraction of sp³-hybridized carbons (Fsp3) is 0.885. The van der Waals surface area contributed by atoms with Gasteiger partial charge in [-0.05, 0) is 32.1 Å². The predicted molar refractivity (Wildman–Crippen MR) is 472 cm³/mol. The van der Waals surface area contributed by atoms with Crippen molar-refractivity contribution in [1.29, 1.82) is 0 Å². The molecule has 0 amide bonds. The van der Waals surface area contributed by atoms with Gasteiger partial charge in [-0.3, -0.25) is 24.0 Å². The van der Waals surface area contributed by atoms with E-state index in [0.29, 0.717) is 32.1 Å². The summed E-state index contributed by atoms with van der Waals surface area (Å²) in [7, 11) is 0. The van der Waals surface area contributed by atoms with Crippen LogP contribution in [-0.4, -0.2) is 86.0 Å². The third kappa shape index (κ3) is 105. The lowest BCUT2D eigenvalue weighted by atomic mass is 10.0. The highest BCUT2D eigenvalue weighted by molar-refractivity contribution is 5.70. The summed E-state index contributed by atoms with van der Waals surface area (Å²) in [5, 5.41) is 95.2. The summed E-state index contributed by atoms with van der Waals surface area (Å²) < 4.78 is 0. The lowest BCUT2D eigenvalue weighted by molar-refractivity contribution is -0.138. The summed E-state index contributed by atoms with van der Waals surface area (Å²) in [4.78, 5) is 51.7. The molecule has 16 heteroatoms. The Balaban J connectivity index is -0.000000411. The molecule has 666 valence electrons. The molecular weight excluding hydrogens is 1410 g/mol. The molecule has 0 spiro atoms. The largest absolute Gasteiger partial charge is 0.502 e. The number of aromatic hydroxyl groups is 6. The van der Waals surface area contributed by atoms with E-state index >= 15 is 0 Å². The second kappa shape index (κ2) is 101. The van der Waals surface area contributed by atoms with Crippen molar-refractivity contribution in [2.75, 3.05) is 0 Å². The Labute approximate surface area is 689 Å². The Morgan fingerprint density at radius 3 is 0.259 bits per heavy atom. The maximum Gasteiger partial charge on any atom is 0.303 e. The highest BCUT2D eigenvalue weighted by Crippen LogP contribution is 2.54. The zero-order valence-electron chi connectivity index (χ0n) is 74.0. The van der Waals surface area contributed by atoms with Crippen LogP contribution in [0.2, 0.25) is 0 Å². The summed E-state index contributed by atoms with van der Waals surface area (Å²) in [5.74, 6) is -9.83. The zero-order valence-corrected chi connectivity index (χ0v) is 74.0. The van der Waals surface area contributed by atoms with Crippen molar-refractivity contribution < 1.29 is 80.1 Å². The molecule has 1 rings (SSSR count). The summed E-state index contributed by atoms with van der Waals surface area (Å²) in [6.45, 7) is 11.4. The van der Waals surface area contributed by atoms with E-state index in [-0.39, 0.29) is 0 Å². The molecule has 11 N–H and O–H groups in total. The van der Waals surface area contributed by atoms with Gasteiger partial charge in [0.25, 0.3) is 0 Å². The first-order chi connectivity index (χ1) is 54.3. The van der Waals surface area contributed by atoms with Crippen LogP contribution >= 0.6 is 0 Å². The maximum absolute atomic E-state index is 10.3. The van der Waals surface area contributed by atoms with Gasteiger partial charge in [-0.25, -0.2) is 0 Å². The van der Waals surface area contributed by atoms with E-state index in [1.54, 1.807) is 0 Å². The Hall–Kier alpha value is -4.63. The highest BCUT2D eigenvalue weighted by Gasteiger charge is 2.22. The average molecular weight is 1600 g/mol. The minimum Gasteiger partial charge on any atom is -0.502 e. The Morgan fingerprint density at radius 2 is 0.196 bits per heavy atom. The van der Waals surface area contributed by atoms with Gasteiger partial charge in [0.05, 0.1) is 0 Å². The van der Waals surface area contributed by atoms with Gasteiger partial charge < -0.3 is 56.2 Å². The molecule has 0 saturated carbocycles. The monoisotopic (exact) mass is 1600 g/mol. The van der Waals surface area contributed by atoms with E-state index < -0.39 is 64.3 Å². The number of hydrogen-bond acceptors (Lipinski definition) is 11. The fourth-order valence-electron chi connectivity index (χ4n) is 13.9. The second-order valence-corrected chi connectivity index (χ2v) is 32.6. The quantitative estimate of drug-likeness (QED) is 0.0164. The number of benzene rings is 1. The first-order valence-electron chi connectivity index (χ1n) is 47.8. The molecule has 0 heterocycles. The van der Waals surface area contributed by atoms with Crippen molar-refractivity contribution in [2.24, 2.45) is 0 Å². The van der Waals surface area contributed by atoms with Crippen molar-refractivity contribution in [1.82, 2.24) is 0 Å². The van der Waals surface area contributed by atoms with Gasteiger partial charge in [-0.1, -0.05) is 484 Å². The number of aliphatic carboxylic acids is 5. The van der Waals surface area contributed by atoms with E-state index in [1.165, 1.54) is 417 Å². The van der Waals surface area contributed by atoms with Crippen LogP contribution in [0.15, 0.2) is 0 Å². The van der Waals surface area contributed by atoms with Gasteiger partial charge in [0.2, 0.25) is 34.5 Å². The van der Waals surface area contributed by atoms with Crippen LogP contribution in [0.5, 0.6) is 34.5 Å². The molecule has 0 radical (unpaired) electrons. The molecule has 0 aliphatic rings. The Bertz CT molecular complexity index is 1720. The smallest absolute Gasteiger partial charge is 0.303 e. The molecule has 112 heavy (non-hydrogen) atoms. The number of hydrogen-bond donors (Lipinski definition) is 11. The van der Waals surface area contributed by atoms with E-state index in [4.69, 9.17) is 56.2 Å². The fourth-order valence-corrected chi connectivity index (χ4v) is 13.9. The molecular formula is C96H186O16. The number of phenols is 6. The summed E-state index contributed by atoms with van der Waals surface area (Å²) in [6.07, 6.45) is 101. The molecule has 0 saturated heterocycles. The van der Waals surface area contributed by atoms with Gasteiger partial charge >= 0.3 is 29.8 Å². The third-order valence-corrected chi connectivity index (χ3v) is 21.3. The molecule has 0 fully saturated rings. The zero-order chi connectivity index (χ0) is 83.9. The molecule has 0 aliphatic carbocycles. The standard InChI is InChI=1S/5C18H36O2.C6H6O6/c5*1-2-3-4-5-6-7-8-9-10-11-12-13-14-15-16-17-18(19)20;7-1-2(8)4(10)6(12)5(11)3(1)9/h5*2-17H2,1H3,(H,19,20);7-12H. The van der Waals surface area contributed by atoms with Crippen molar-refractivity contribution >= 4 is 29.8 Å². The summed E-state index contributed by atoms with van der Waals surface area (Å²) in [6, 6.07) is 0. The minimum atomic E-state index is -1.09. The molecule has 0 unspecified atom stereocenters. The number of carboxylic acids is 5. The first-order valence-corrected chi connectivity index (χ1v) is 47.8. The van der Waals surface area contributed by atoms with Crippen LogP contribution in [0, 0.1) is 0 Å². The number of phenolic OH excluding ortho intramolecular Hbond substituents is 6. The van der Waals surface area contributed by atoms with Crippen molar-refractivity contribution in [3.05, 3.63) is 0 Å². The molecule has 0 bridgehead atoms. The van der Waals surface area contributed by atoms with Crippen LogP contribution in [0.4, 0.5) is 0 Å². The van der Waals surface area contributed by atoms with Crippen LogP contribution < -0.4 is 0 Å². The maximum atomic E-state index is 10.3. The predicted octanol–water partition coefficient (Wildman–Crippen LogP) is 31.6. The van der Waals surface area contributed by atoms with Crippen LogP contribution in [0.1, 0.15) is 548 Å². The first kappa shape index (κ1) is 116. The molecule has 16 nitrogen and oxygen atoms in total. The normalized spacial score (nSPS) is 10.8. The van der Waals surface area contributed by atoms with Crippen LogP contribution in [0.25, 0.3) is 0 Å². The van der Waals surface area contributed by atoms with Crippen LogP contribution in [-0.2, 0) is 24.0 Å². The number of carbonyl (C=O) groups is 5. The Morgan fingerprint density at radius 1 is 0.134 bits per heavy atom. The molecule has 1 aromatic carbocycles. The molecule has 0 aliphatic heterocycles. The average Bonchev–Trinajstić information content (AvgIpc) is 0.811. The SMILES string of the molecule is CCCCCCCCCCCCCCCCCC(=O)O.CCCCCCCCCCCCCCCCCC(=O)O.CCCCCCCCCCCCCCCCCC(=O)O.CCCCCCCCCCCCCCCCCC(=O)O.CCCCCCCCCCCCCCCCCC(=O)O.Oc1c(O)c(O)c(O)c(O)c1O. The van der Waals surface area contributed by atoms with Crippen LogP contribution in [0.3, 0.4) is 0 Å². The molecule has 0 aromatic heterocycles. The summed E-state index contributed by atoms with van der Waals surface area (Å²) >= 11 is 0. The number of rotatable bonds is 80. The lowest BCUT2D eigenvalue weighted by Crippen LogP contribution is -1.93. The van der Waals surface area contributed by atoms with Gasteiger partial charge in [0, 0.05) is 32.1 Å². The minimum absolute atomic E-state index is 0.345. The van der Waals surface area contributed by atoms with Crippen molar-refractivity contribution in [2.45, 2.75) is 548 Å². The van der Waals surface area contributed by atoms with E-state index in [1.807, 2.05) is 0 Å². The van der Waals surface area contributed by atoms with E-state index in [9.17, 15) is 24.0 Å². The highest BCUT2D eigenvalue weighted by atomic mass is 16.4. The van der Waals surface area contributed by atoms with E-state index in [2.05, 4.69) is 34.6 Å².